The van der Waals surface area contributed by atoms with Gasteiger partial charge in [0, 0.05) is 17.1 Å². The molecule has 21 heavy (non-hydrogen) atoms. The van der Waals surface area contributed by atoms with Gasteiger partial charge in [-0.1, -0.05) is 11.6 Å². The molecule has 3 nitrogen and oxygen atoms in total. The van der Waals surface area contributed by atoms with Crippen LogP contribution in [0.3, 0.4) is 0 Å². The molecule has 0 saturated carbocycles. The van der Waals surface area contributed by atoms with Crippen LogP contribution in [-0.2, 0) is 6.42 Å². The molecule has 0 spiro atoms. The molecule has 118 valence electrons. The van der Waals surface area contributed by atoms with Gasteiger partial charge in [-0.2, -0.15) is 0 Å². The summed E-state index contributed by atoms with van der Waals surface area (Å²) in [5, 5.41) is 14.0. The van der Waals surface area contributed by atoms with Crippen LogP contribution in [0.4, 0.5) is 0 Å². The number of halogens is 1. The smallest absolute Gasteiger partial charge is 0.134 e. The lowest BCUT2D eigenvalue weighted by molar-refractivity contribution is 0.0986. The van der Waals surface area contributed by atoms with Crippen molar-refractivity contribution in [3.8, 4) is 5.75 Å². The Morgan fingerprint density at radius 1 is 1.43 bits per heavy atom. The number of fused-ring (bicyclic) bond motifs is 1. The predicted molar refractivity (Wildman–Crippen MR) is 89.8 cm³/mol. The van der Waals surface area contributed by atoms with Crippen LogP contribution in [-0.4, -0.2) is 35.7 Å². The SMILES string of the molecule is CC(C)(C)NCC(O)COc1cc(Cl)cc2c1SCCC2. The van der Waals surface area contributed by atoms with E-state index in [1.807, 2.05) is 23.9 Å². The minimum Gasteiger partial charge on any atom is -0.490 e. The lowest BCUT2D eigenvalue weighted by atomic mass is 10.1. The number of benzene rings is 1. The molecule has 1 aliphatic rings. The van der Waals surface area contributed by atoms with Gasteiger partial charge in [0.15, 0.2) is 0 Å². The van der Waals surface area contributed by atoms with Crippen LogP contribution >= 0.6 is 23.4 Å². The fourth-order valence-corrected chi connectivity index (χ4v) is 3.52. The van der Waals surface area contributed by atoms with E-state index in [2.05, 4.69) is 26.1 Å². The van der Waals surface area contributed by atoms with E-state index in [9.17, 15) is 5.11 Å². The third kappa shape index (κ3) is 5.37. The summed E-state index contributed by atoms with van der Waals surface area (Å²) in [5.41, 5.74) is 1.25. The van der Waals surface area contributed by atoms with Gasteiger partial charge >= 0.3 is 0 Å². The number of nitrogens with one attached hydrogen (secondary N) is 1. The van der Waals surface area contributed by atoms with Crippen molar-refractivity contribution in [2.75, 3.05) is 18.9 Å². The highest BCUT2D eigenvalue weighted by atomic mass is 35.5. The van der Waals surface area contributed by atoms with Gasteiger partial charge in [-0.25, -0.2) is 0 Å². The van der Waals surface area contributed by atoms with E-state index in [0.717, 1.165) is 17.9 Å². The fraction of sp³-hybridized carbons (Fsp3) is 0.625. The molecule has 1 aromatic rings. The Hall–Kier alpha value is -0.420. The molecule has 0 aliphatic carbocycles. The third-order valence-electron chi connectivity index (χ3n) is 3.23. The number of aryl methyl sites for hydroxylation is 1. The number of thioether (sulfide) groups is 1. The second-order valence-corrected chi connectivity index (χ2v) is 7.98. The van der Waals surface area contributed by atoms with Crippen molar-refractivity contribution >= 4 is 23.4 Å². The summed E-state index contributed by atoms with van der Waals surface area (Å²) in [7, 11) is 0. The topological polar surface area (TPSA) is 41.5 Å². The first-order chi connectivity index (χ1) is 9.85. The van der Waals surface area contributed by atoms with E-state index in [0.29, 0.717) is 11.6 Å². The second kappa shape index (κ2) is 7.23. The fourth-order valence-electron chi connectivity index (χ4n) is 2.19. The first kappa shape index (κ1) is 16.9. The van der Waals surface area contributed by atoms with Gasteiger partial charge in [-0.15, -0.1) is 11.8 Å². The highest BCUT2D eigenvalue weighted by Crippen LogP contribution is 2.39. The molecule has 1 unspecified atom stereocenters. The zero-order valence-electron chi connectivity index (χ0n) is 12.9. The number of aliphatic hydroxyl groups excluding tert-OH is 1. The first-order valence-electron chi connectivity index (χ1n) is 7.36. The van der Waals surface area contributed by atoms with Crippen molar-refractivity contribution in [1.82, 2.24) is 5.32 Å². The zero-order valence-corrected chi connectivity index (χ0v) is 14.5. The summed E-state index contributed by atoms with van der Waals surface area (Å²) < 4.78 is 5.82. The quantitative estimate of drug-likeness (QED) is 0.867. The molecule has 1 heterocycles. The van der Waals surface area contributed by atoms with Crippen LogP contribution in [0.2, 0.25) is 5.02 Å². The molecule has 0 bridgehead atoms. The largest absolute Gasteiger partial charge is 0.490 e. The minimum absolute atomic E-state index is 0.00789. The van der Waals surface area contributed by atoms with E-state index in [1.165, 1.54) is 16.9 Å². The van der Waals surface area contributed by atoms with Crippen LogP contribution in [0, 0.1) is 0 Å². The molecule has 0 aromatic heterocycles. The predicted octanol–water partition coefficient (Wildman–Crippen LogP) is 3.51. The maximum absolute atomic E-state index is 10.0. The highest BCUT2D eigenvalue weighted by molar-refractivity contribution is 7.99. The monoisotopic (exact) mass is 329 g/mol. The number of hydrogen-bond acceptors (Lipinski definition) is 4. The van der Waals surface area contributed by atoms with Gasteiger partial charge in [0.05, 0.1) is 4.90 Å². The molecule has 2 rings (SSSR count). The molecular weight excluding hydrogens is 306 g/mol. The van der Waals surface area contributed by atoms with Crippen molar-refractivity contribution in [1.29, 1.82) is 0 Å². The molecule has 0 saturated heterocycles. The number of ether oxygens (including phenoxy) is 1. The number of β-amino-alcohol motifs (C(OH)–C–C–N with tert-alkyl or cyclic N) is 1. The molecule has 1 aliphatic heterocycles. The molecule has 5 heteroatoms. The molecule has 1 aromatic carbocycles. The van der Waals surface area contributed by atoms with E-state index >= 15 is 0 Å². The Balaban J connectivity index is 1.95. The molecule has 1 atom stereocenters. The van der Waals surface area contributed by atoms with Gasteiger partial charge in [0.25, 0.3) is 0 Å². The van der Waals surface area contributed by atoms with Gasteiger partial charge in [0.2, 0.25) is 0 Å². The summed E-state index contributed by atoms with van der Waals surface area (Å²) in [6.45, 7) is 7.01. The lowest BCUT2D eigenvalue weighted by Gasteiger charge is -2.24. The van der Waals surface area contributed by atoms with E-state index in [-0.39, 0.29) is 12.1 Å². The summed E-state index contributed by atoms with van der Waals surface area (Å²) in [5.74, 6) is 1.91. The molecular formula is C16H24ClNO2S. The molecule has 0 amide bonds. The van der Waals surface area contributed by atoms with Crippen molar-refractivity contribution in [2.45, 2.75) is 50.2 Å². The van der Waals surface area contributed by atoms with Gasteiger partial charge in [0.1, 0.15) is 18.5 Å². The summed E-state index contributed by atoms with van der Waals surface area (Å²) in [4.78, 5) is 1.18. The van der Waals surface area contributed by atoms with Crippen LogP contribution < -0.4 is 10.1 Å². The lowest BCUT2D eigenvalue weighted by Crippen LogP contribution is -2.42. The highest BCUT2D eigenvalue weighted by Gasteiger charge is 2.18. The van der Waals surface area contributed by atoms with Crippen molar-refractivity contribution in [3.63, 3.8) is 0 Å². The normalized spacial score (nSPS) is 16.4. The maximum atomic E-state index is 10.0. The van der Waals surface area contributed by atoms with Crippen LogP contribution in [0.25, 0.3) is 0 Å². The number of aliphatic hydroxyl groups is 1. The van der Waals surface area contributed by atoms with E-state index < -0.39 is 6.10 Å². The van der Waals surface area contributed by atoms with Crippen molar-refractivity contribution in [3.05, 3.63) is 22.7 Å². The van der Waals surface area contributed by atoms with Crippen LogP contribution in [0.1, 0.15) is 32.8 Å². The average molecular weight is 330 g/mol. The van der Waals surface area contributed by atoms with Crippen molar-refractivity contribution < 1.29 is 9.84 Å². The second-order valence-electron chi connectivity index (χ2n) is 6.44. The summed E-state index contributed by atoms with van der Waals surface area (Å²) in [6, 6.07) is 3.87. The van der Waals surface area contributed by atoms with E-state index in [1.54, 1.807) is 0 Å². The van der Waals surface area contributed by atoms with Gasteiger partial charge in [-0.3, -0.25) is 0 Å². The zero-order chi connectivity index (χ0) is 15.5. The van der Waals surface area contributed by atoms with Crippen molar-refractivity contribution in [2.24, 2.45) is 0 Å². The third-order valence-corrected chi connectivity index (χ3v) is 4.70. The molecule has 2 N–H and O–H groups in total. The Morgan fingerprint density at radius 3 is 2.90 bits per heavy atom. The Morgan fingerprint density at radius 2 is 2.19 bits per heavy atom. The molecule has 0 fully saturated rings. The Kier molecular flexibility index (Phi) is 5.83. The van der Waals surface area contributed by atoms with E-state index in [4.69, 9.17) is 16.3 Å². The number of hydrogen-bond donors (Lipinski definition) is 2. The summed E-state index contributed by atoms with van der Waals surface area (Å²) >= 11 is 7.97. The maximum Gasteiger partial charge on any atom is 0.134 e. The summed E-state index contributed by atoms with van der Waals surface area (Å²) in [6.07, 6.45) is 1.69. The van der Waals surface area contributed by atoms with Gasteiger partial charge in [-0.05, 0) is 57.1 Å². The number of rotatable bonds is 5. The van der Waals surface area contributed by atoms with Crippen LogP contribution in [0.5, 0.6) is 5.75 Å². The van der Waals surface area contributed by atoms with Crippen LogP contribution in [0.15, 0.2) is 17.0 Å². The first-order valence-corrected chi connectivity index (χ1v) is 8.72. The Labute approximate surface area is 136 Å². The van der Waals surface area contributed by atoms with Gasteiger partial charge < -0.3 is 15.2 Å². The molecule has 0 radical (unpaired) electrons. The average Bonchev–Trinajstić information content (AvgIpc) is 2.41. The minimum atomic E-state index is -0.535. The standard InChI is InChI=1S/C16H24ClNO2S/c1-16(2,3)18-9-13(19)10-20-14-8-12(17)7-11-5-4-6-21-15(11)14/h7-8,13,18-19H,4-6,9-10H2,1-3H3. The Bertz CT molecular complexity index is 488.